The van der Waals surface area contributed by atoms with Crippen LogP contribution in [0.4, 0.5) is 8.78 Å². The van der Waals surface area contributed by atoms with Crippen molar-refractivity contribution < 1.29 is 23.1 Å². The minimum atomic E-state index is -1.55. The van der Waals surface area contributed by atoms with Crippen LogP contribution >= 0.6 is 11.3 Å². The largest absolute Gasteiger partial charge is 0.466 e. The molecule has 3 aromatic rings. The molecule has 1 amide bonds. The summed E-state index contributed by atoms with van der Waals surface area (Å²) in [6, 6.07) is 9.57. The zero-order valence-electron chi connectivity index (χ0n) is 12.3. The van der Waals surface area contributed by atoms with E-state index in [0.29, 0.717) is 4.88 Å². The van der Waals surface area contributed by atoms with Gasteiger partial charge in [-0.1, -0.05) is 6.07 Å². The highest BCUT2D eigenvalue weighted by molar-refractivity contribution is 7.10. The van der Waals surface area contributed by atoms with Crippen LogP contribution in [-0.2, 0) is 5.60 Å². The highest BCUT2D eigenvalue weighted by Gasteiger charge is 2.36. The predicted octanol–water partition coefficient (Wildman–Crippen LogP) is 3.29. The van der Waals surface area contributed by atoms with Gasteiger partial charge in [-0.25, -0.2) is 8.78 Å². The highest BCUT2D eigenvalue weighted by Crippen LogP contribution is 2.32. The number of furan rings is 1. The fourth-order valence-corrected chi connectivity index (χ4v) is 3.10. The van der Waals surface area contributed by atoms with Crippen molar-refractivity contribution in [3.8, 4) is 0 Å². The molecule has 1 atom stereocenters. The number of hydrogen-bond acceptors (Lipinski definition) is 4. The van der Waals surface area contributed by atoms with Crippen LogP contribution in [-0.4, -0.2) is 17.6 Å². The van der Waals surface area contributed by atoms with E-state index in [2.05, 4.69) is 5.32 Å². The van der Waals surface area contributed by atoms with Gasteiger partial charge in [-0.2, -0.15) is 0 Å². The monoisotopic (exact) mass is 349 g/mol. The zero-order chi connectivity index (χ0) is 17.2. The Balaban J connectivity index is 1.82. The fourth-order valence-electron chi connectivity index (χ4n) is 2.27. The average molecular weight is 349 g/mol. The van der Waals surface area contributed by atoms with Crippen LogP contribution in [0.25, 0.3) is 0 Å². The third-order valence-corrected chi connectivity index (χ3v) is 4.57. The maximum absolute atomic E-state index is 13.2. The molecule has 0 saturated heterocycles. The Labute approximate surface area is 140 Å². The smallest absolute Gasteiger partial charge is 0.251 e. The molecule has 1 aromatic carbocycles. The van der Waals surface area contributed by atoms with Crippen molar-refractivity contribution in [2.24, 2.45) is 0 Å². The molecule has 124 valence electrons. The van der Waals surface area contributed by atoms with Gasteiger partial charge in [-0.05, 0) is 41.8 Å². The summed E-state index contributed by atoms with van der Waals surface area (Å²) in [5, 5.41) is 15.3. The van der Waals surface area contributed by atoms with Gasteiger partial charge in [-0.3, -0.25) is 4.79 Å². The van der Waals surface area contributed by atoms with Gasteiger partial charge in [0.25, 0.3) is 5.91 Å². The number of benzene rings is 1. The summed E-state index contributed by atoms with van der Waals surface area (Å²) in [5.74, 6) is -2.49. The van der Waals surface area contributed by atoms with E-state index in [1.807, 2.05) is 0 Å². The third-order valence-electron chi connectivity index (χ3n) is 3.54. The Morgan fingerprint density at radius 1 is 1.21 bits per heavy atom. The number of rotatable bonds is 5. The molecule has 0 saturated carbocycles. The Morgan fingerprint density at radius 2 is 2.04 bits per heavy atom. The molecule has 2 N–H and O–H groups in total. The first kappa shape index (κ1) is 16.4. The van der Waals surface area contributed by atoms with Crippen molar-refractivity contribution in [2.75, 3.05) is 6.54 Å². The molecule has 24 heavy (non-hydrogen) atoms. The lowest BCUT2D eigenvalue weighted by atomic mass is 9.98. The van der Waals surface area contributed by atoms with E-state index in [1.54, 1.807) is 29.6 Å². The molecule has 0 bridgehead atoms. The molecule has 0 aliphatic carbocycles. The lowest BCUT2D eigenvalue weighted by molar-refractivity contribution is 0.0554. The maximum atomic E-state index is 13.2. The lowest BCUT2D eigenvalue weighted by Gasteiger charge is -2.25. The van der Waals surface area contributed by atoms with Crippen LogP contribution in [0.1, 0.15) is 21.0 Å². The minimum Gasteiger partial charge on any atom is -0.466 e. The van der Waals surface area contributed by atoms with Crippen LogP contribution in [0, 0.1) is 11.6 Å². The van der Waals surface area contributed by atoms with Gasteiger partial charge in [0.15, 0.2) is 17.2 Å². The number of carbonyl (C=O) groups excluding carboxylic acids is 1. The van der Waals surface area contributed by atoms with Gasteiger partial charge in [0.1, 0.15) is 5.76 Å². The third kappa shape index (κ3) is 3.08. The second-order valence-electron chi connectivity index (χ2n) is 5.13. The first-order valence-electron chi connectivity index (χ1n) is 7.04. The van der Waals surface area contributed by atoms with E-state index in [-0.39, 0.29) is 17.9 Å². The van der Waals surface area contributed by atoms with E-state index in [1.165, 1.54) is 23.7 Å². The summed E-state index contributed by atoms with van der Waals surface area (Å²) in [7, 11) is 0. The Morgan fingerprint density at radius 3 is 2.67 bits per heavy atom. The van der Waals surface area contributed by atoms with E-state index >= 15 is 0 Å². The summed E-state index contributed by atoms with van der Waals surface area (Å²) in [6.45, 7) is -0.182. The summed E-state index contributed by atoms with van der Waals surface area (Å²) < 4.78 is 31.5. The quantitative estimate of drug-likeness (QED) is 0.743. The molecule has 0 aliphatic heterocycles. The molecule has 1 unspecified atom stereocenters. The second kappa shape index (κ2) is 6.54. The topological polar surface area (TPSA) is 62.5 Å². The zero-order valence-corrected chi connectivity index (χ0v) is 13.1. The number of carbonyl (C=O) groups is 1. The maximum Gasteiger partial charge on any atom is 0.251 e. The Hall–Kier alpha value is -2.51. The fraction of sp³-hybridized carbons (Fsp3) is 0.118. The average Bonchev–Trinajstić information content (AvgIpc) is 3.28. The molecule has 0 fully saturated rings. The second-order valence-corrected chi connectivity index (χ2v) is 6.07. The molecule has 3 rings (SSSR count). The van der Waals surface area contributed by atoms with Crippen molar-refractivity contribution in [1.29, 1.82) is 0 Å². The first-order valence-corrected chi connectivity index (χ1v) is 7.92. The summed E-state index contributed by atoms with van der Waals surface area (Å²) in [4.78, 5) is 12.7. The number of amides is 1. The van der Waals surface area contributed by atoms with Gasteiger partial charge < -0.3 is 14.8 Å². The number of halogens is 2. The van der Waals surface area contributed by atoms with Gasteiger partial charge in [0.2, 0.25) is 0 Å². The van der Waals surface area contributed by atoms with Crippen LogP contribution < -0.4 is 5.32 Å². The molecular weight excluding hydrogens is 336 g/mol. The predicted molar refractivity (Wildman–Crippen MR) is 84.7 cm³/mol. The van der Waals surface area contributed by atoms with E-state index < -0.39 is 23.1 Å². The molecule has 2 aromatic heterocycles. The molecular formula is C17H13F2NO3S. The standard InChI is InChI=1S/C17H13F2NO3S/c18-12-6-5-11(9-13(12)19)16(21)20-10-17(22,14-3-1-7-23-14)15-4-2-8-24-15/h1-9,22H,10H2,(H,20,21). The minimum absolute atomic E-state index is 0.0399. The number of aliphatic hydroxyl groups is 1. The molecule has 2 heterocycles. The Kier molecular flexibility index (Phi) is 4.46. The Bertz CT molecular complexity index is 797. The molecule has 0 spiro atoms. The SMILES string of the molecule is O=C(NCC(O)(c1ccco1)c1cccs1)c1ccc(F)c(F)c1. The van der Waals surface area contributed by atoms with E-state index in [4.69, 9.17) is 4.42 Å². The van der Waals surface area contributed by atoms with Crippen molar-refractivity contribution in [3.05, 3.63) is 81.9 Å². The molecule has 0 aliphatic rings. The van der Waals surface area contributed by atoms with Crippen LogP contribution in [0.5, 0.6) is 0 Å². The van der Waals surface area contributed by atoms with Crippen LogP contribution in [0.2, 0.25) is 0 Å². The van der Waals surface area contributed by atoms with Crippen molar-refractivity contribution >= 4 is 17.2 Å². The molecule has 7 heteroatoms. The summed E-state index contributed by atoms with van der Waals surface area (Å²) >= 11 is 1.31. The summed E-state index contributed by atoms with van der Waals surface area (Å²) in [6.07, 6.45) is 1.42. The van der Waals surface area contributed by atoms with Crippen molar-refractivity contribution in [3.63, 3.8) is 0 Å². The van der Waals surface area contributed by atoms with Crippen LogP contribution in [0.15, 0.2) is 58.5 Å². The molecule has 0 radical (unpaired) electrons. The van der Waals surface area contributed by atoms with Crippen molar-refractivity contribution in [2.45, 2.75) is 5.60 Å². The number of nitrogens with one attached hydrogen (secondary N) is 1. The first-order chi connectivity index (χ1) is 11.5. The number of hydrogen-bond donors (Lipinski definition) is 2. The highest BCUT2D eigenvalue weighted by atomic mass is 32.1. The number of thiophene rings is 1. The van der Waals surface area contributed by atoms with E-state index in [0.717, 1.165) is 12.1 Å². The van der Waals surface area contributed by atoms with Gasteiger partial charge in [0.05, 0.1) is 12.8 Å². The van der Waals surface area contributed by atoms with Gasteiger partial charge >= 0.3 is 0 Å². The van der Waals surface area contributed by atoms with E-state index in [9.17, 15) is 18.7 Å². The normalized spacial score (nSPS) is 13.5. The van der Waals surface area contributed by atoms with Gasteiger partial charge in [0, 0.05) is 10.4 Å². The lowest BCUT2D eigenvalue weighted by Crippen LogP contribution is -2.41. The van der Waals surface area contributed by atoms with Crippen molar-refractivity contribution in [1.82, 2.24) is 5.32 Å². The summed E-state index contributed by atoms with van der Waals surface area (Å²) in [5.41, 5.74) is -1.59. The molecule has 4 nitrogen and oxygen atoms in total. The van der Waals surface area contributed by atoms with Gasteiger partial charge in [-0.15, -0.1) is 11.3 Å². The van der Waals surface area contributed by atoms with Crippen LogP contribution in [0.3, 0.4) is 0 Å².